The molecule has 1 aromatic carbocycles. The Balaban J connectivity index is 2.26. The summed E-state index contributed by atoms with van der Waals surface area (Å²) in [6, 6.07) is 8.10. The van der Waals surface area contributed by atoms with Crippen LogP contribution in [0.2, 0.25) is 0 Å². The molecule has 1 unspecified atom stereocenters. The maximum atomic E-state index is 11.3. The Hall–Kier alpha value is -2.06. The lowest BCUT2D eigenvalue weighted by Gasteiger charge is -2.26. The van der Waals surface area contributed by atoms with Crippen LogP contribution in [0.25, 0.3) is 0 Å². The summed E-state index contributed by atoms with van der Waals surface area (Å²) in [7, 11) is 3.97. The first-order valence-electron chi connectivity index (χ1n) is 6.22. The molecule has 0 aromatic heterocycles. The van der Waals surface area contributed by atoms with Crippen molar-refractivity contribution < 1.29 is 9.53 Å². The molecule has 0 saturated carbocycles. The fourth-order valence-electron chi connectivity index (χ4n) is 2.23. The molecule has 1 aliphatic rings. The van der Waals surface area contributed by atoms with Gasteiger partial charge in [0, 0.05) is 12.5 Å². The van der Waals surface area contributed by atoms with Crippen molar-refractivity contribution in [1.82, 2.24) is 4.90 Å². The van der Waals surface area contributed by atoms with E-state index >= 15 is 0 Å². The van der Waals surface area contributed by atoms with Gasteiger partial charge in [0.1, 0.15) is 5.75 Å². The van der Waals surface area contributed by atoms with E-state index in [-0.39, 0.29) is 18.6 Å². The number of carbonyl (C=O) groups excluding carboxylic acids is 1. The van der Waals surface area contributed by atoms with E-state index in [4.69, 9.17) is 10.00 Å². The highest BCUT2D eigenvalue weighted by Crippen LogP contribution is 2.33. The van der Waals surface area contributed by atoms with Crippen LogP contribution in [0.1, 0.15) is 24.4 Å². The molecule has 100 valence electrons. The summed E-state index contributed by atoms with van der Waals surface area (Å²) in [6.45, 7) is 0.0673. The summed E-state index contributed by atoms with van der Waals surface area (Å²) in [5.74, 6) is 0.559. The Morgan fingerprint density at radius 3 is 3.00 bits per heavy atom. The summed E-state index contributed by atoms with van der Waals surface area (Å²) in [5.41, 5.74) is 1.78. The standard InChI is InChI=1S/C14H17N3O2/c1-17(2)12(4-3-7-15)10-5-6-13-11(8-10)16-14(18)9-19-13/h5-6,8,12H,3-4,9H2,1-2H3,(H,16,18). The summed E-state index contributed by atoms with van der Waals surface area (Å²) >= 11 is 0. The van der Waals surface area contributed by atoms with Crippen LogP contribution >= 0.6 is 0 Å². The van der Waals surface area contributed by atoms with Crippen LogP contribution in [-0.2, 0) is 4.79 Å². The number of benzene rings is 1. The Morgan fingerprint density at radius 1 is 1.53 bits per heavy atom. The van der Waals surface area contributed by atoms with E-state index in [1.54, 1.807) is 0 Å². The van der Waals surface area contributed by atoms with Gasteiger partial charge in [-0.1, -0.05) is 6.07 Å². The third-order valence-corrected chi connectivity index (χ3v) is 3.17. The highest BCUT2D eigenvalue weighted by Gasteiger charge is 2.19. The Morgan fingerprint density at radius 2 is 2.32 bits per heavy atom. The molecule has 5 nitrogen and oxygen atoms in total. The van der Waals surface area contributed by atoms with Gasteiger partial charge in [-0.2, -0.15) is 5.26 Å². The molecule has 1 atom stereocenters. The molecule has 0 radical (unpaired) electrons. The molecule has 5 heteroatoms. The van der Waals surface area contributed by atoms with Crippen molar-refractivity contribution in [2.45, 2.75) is 18.9 Å². The smallest absolute Gasteiger partial charge is 0.262 e. The number of fused-ring (bicyclic) bond motifs is 1. The van der Waals surface area contributed by atoms with Crippen LogP contribution in [0, 0.1) is 11.3 Å². The molecular formula is C14H17N3O2. The number of rotatable bonds is 4. The molecule has 0 aliphatic carbocycles. The molecule has 1 N–H and O–H groups in total. The third-order valence-electron chi connectivity index (χ3n) is 3.17. The van der Waals surface area contributed by atoms with Gasteiger partial charge >= 0.3 is 0 Å². The second kappa shape index (κ2) is 5.72. The van der Waals surface area contributed by atoms with E-state index in [0.717, 1.165) is 12.0 Å². The largest absolute Gasteiger partial charge is 0.482 e. The first-order chi connectivity index (χ1) is 9.11. The number of anilines is 1. The van der Waals surface area contributed by atoms with Crippen LogP contribution in [-0.4, -0.2) is 31.5 Å². The molecule has 0 bridgehead atoms. The molecular weight excluding hydrogens is 242 g/mol. The van der Waals surface area contributed by atoms with E-state index in [1.807, 2.05) is 32.3 Å². The molecule has 0 fully saturated rings. The number of nitrogens with one attached hydrogen (secondary N) is 1. The third kappa shape index (κ3) is 3.04. The molecule has 2 rings (SSSR count). The van der Waals surface area contributed by atoms with E-state index in [0.29, 0.717) is 17.9 Å². The average Bonchev–Trinajstić information content (AvgIpc) is 2.38. The van der Waals surface area contributed by atoms with Gasteiger partial charge in [0.15, 0.2) is 6.61 Å². The monoisotopic (exact) mass is 259 g/mol. The van der Waals surface area contributed by atoms with Gasteiger partial charge in [0.2, 0.25) is 0 Å². The van der Waals surface area contributed by atoms with Gasteiger partial charge in [-0.15, -0.1) is 0 Å². The predicted molar refractivity (Wildman–Crippen MR) is 71.8 cm³/mol. The highest BCUT2D eigenvalue weighted by atomic mass is 16.5. The minimum atomic E-state index is -0.136. The lowest BCUT2D eigenvalue weighted by Crippen LogP contribution is -2.26. The number of ether oxygens (including phenoxy) is 1. The number of carbonyl (C=O) groups is 1. The minimum absolute atomic E-state index is 0.0673. The van der Waals surface area contributed by atoms with Crippen molar-refractivity contribution in [2.24, 2.45) is 0 Å². The molecule has 0 spiro atoms. The van der Waals surface area contributed by atoms with Gasteiger partial charge in [-0.3, -0.25) is 4.79 Å². The van der Waals surface area contributed by atoms with Gasteiger partial charge < -0.3 is 15.0 Å². The fraction of sp³-hybridized carbons (Fsp3) is 0.429. The van der Waals surface area contributed by atoms with Gasteiger partial charge in [0.05, 0.1) is 11.8 Å². The van der Waals surface area contributed by atoms with Crippen LogP contribution < -0.4 is 10.1 Å². The number of amides is 1. The molecule has 1 aromatic rings. The van der Waals surface area contributed by atoms with Crippen molar-refractivity contribution in [1.29, 1.82) is 5.26 Å². The predicted octanol–water partition coefficient (Wildman–Crippen LogP) is 1.92. The lowest BCUT2D eigenvalue weighted by molar-refractivity contribution is -0.118. The van der Waals surface area contributed by atoms with Crippen molar-refractivity contribution >= 4 is 11.6 Å². The van der Waals surface area contributed by atoms with Gasteiger partial charge in [0.25, 0.3) is 5.91 Å². The lowest BCUT2D eigenvalue weighted by atomic mass is 10.00. The molecule has 19 heavy (non-hydrogen) atoms. The van der Waals surface area contributed by atoms with Gasteiger partial charge in [-0.05, 0) is 38.2 Å². The Kier molecular flexibility index (Phi) is 4.03. The van der Waals surface area contributed by atoms with E-state index in [2.05, 4.69) is 16.3 Å². The summed E-state index contributed by atoms with van der Waals surface area (Å²) in [5, 5.41) is 11.5. The molecule has 1 heterocycles. The van der Waals surface area contributed by atoms with Crippen molar-refractivity contribution in [3.63, 3.8) is 0 Å². The van der Waals surface area contributed by atoms with Gasteiger partial charge in [-0.25, -0.2) is 0 Å². The summed E-state index contributed by atoms with van der Waals surface area (Å²) < 4.78 is 5.33. The number of nitriles is 1. The number of nitrogens with zero attached hydrogens (tertiary/aromatic N) is 2. The number of hydrogen-bond acceptors (Lipinski definition) is 4. The zero-order chi connectivity index (χ0) is 13.8. The van der Waals surface area contributed by atoms with Crippen molar-refractivity contribution in [3.8, 4) is 11.8 Å². The normalized spacial score (nSPS) is 15.2. The average molecular weight is 259 g/mol. The zero-order valence-electron chi connectivity index (χ0n) is 11.1. The maximum absolute atomic E-state index is 11.3. The van der Waals surface area contributed by atoms with E-state index in [1.165, 1.54) is 0 Å². The highest BCUT2D eigenvalue weighted by molar-refractivity contribution is 5.95. The maximum Gasteiger partial charge on any atom is 0.262 e. The molecule has 1 aliphatic heterocycles. The van der Waals surface area contributed by atoms with Crippen molar-refractivity contribution in [2.75, 3.05) is 26.0 Å². The molecule has 1 amide bonds. The second-order valence-electron chi connectivity index (χ2n) is 4.77. The zero-order valence-corrected chi connectivity index (χ0v) is 11.1. The first kappa shape index (κ1) is 13.4. The Bertz CT molecular complexity index is 520. The summed E-state index contributed by atoms with van der Waals surface area (Å²) in [4.78, 5) is 13.4. The van der Waals surface area contributed by atoms with Crippen LogP contribution in [0.15, 0.2) is 18.2 Å². The fourth-order valence-corrected chi connectivity index (χ4v) is 2.23. The topological polar surface area (TPSA) is 65.4 Å². The van der Waals surface area contributed by atoms with Crippen LogP contribution in [0.5, 0.6) is 5.75 Å². The SMILES string of the molecule is CN(C)C(CCC#N)c1ccc2c(c1)NC(=O)CO2. The molecule has 0 saturated heterocycles. The van der Waals surface area contributed by atoms with Crippen LogP contribution in [0.3, 0.4) is 0 Å². The quantitative estimate of drug-likeness (QED) is 0.897. The van der Waals surface area contributed by atoms with E-state index in [9.17, 15) is 4.79 Å². The van der Waals surface area contributed by atoms with Crippen molar-refractivity contribution in [3.05, 3.63) is 23.8 Å². The van der Waals surface area contributed by atoms with E-state index < -0.39 is 0 Å². The number of hydrogen-bond donors (Lipinski definition) is 1. The minimum Gasteiger partial charge on any atom is -0.482 e. The van der Waals surface area contributed by atoms with Crippen LogP contribution in [0.4, 0.5) is 5.69 Å². The Labute approximate surface area is 112 Å². The second-order valence-corrected chi connectivity index (χ2v) is 4.77. The first-order valence-corrected chi connectivity index (χ1v) is 6.22. The summed E-state index contributed by atoms with van der Waals surface area (Å²) in [6.07, 6.45) is 1.26.